The molecule has 2 aromatic heterocycles. The molecule has 2 amide bonds. The Morgan fingerprint density at radius 3 is 2.75 bits per heavy atom. The Hall–Kier alpha value is -4.40. The van der Waals surface area contributed by atoms with Gasteiger partial charge in [-0.1, -0.05) is 24.3 Å². The third-order valence-corrected chi connectivity index (χ3v) is 5.41. The first kappa shape index (κ1) is 19.6. The number of anilines is 2. The molecule has 0 unspecified atom stereocenters. The summed E-state index contributed by atoms with van der Waals surface area (Å²) in [5, 5.41) is 9.37. The molecule has 9 heteroatoms. The summed E-state index contributed by atoms with van der Waals surface area (Å²) in [6, 6.07) is 16.7. The van der Waals surface area contributed by atoms with Crippen molar-refractivity contribution >= 4 is 34.4 Å². The Labute approximate surface area is 183 Å². The monoisotopic (exact) mass is 428 g/mol. The van der Waals surface area contributed by atoms with Crippen molar-refractivity contribution in [3.8, 4) is 11.3 Å². The molecular formula is C23H20N6O3. The summed E-state index contributed by atoms with van der Waals surface area (Å²) in [6.45, 7) is 0.650. The van der Waals surface area contributed by atoms with Crippen LogP contribution in [0.1, 0.15) is 5.56 Å². The van der Waals surface area contributed by atoms with Crippen LogP contribution in [0.5, 0.6) is 0 Å². The van der Waals surface area contributed by atoms with Crippen LogP contribution in [0.4, 0.5) is 21.0 Å². The maximum Gasteiger partial charge on any atom is 0.434 e. The lowest BCUT2D eigenvalue weighted by Gasteiger charge is -2.21. The number of carbonyl (C=O) groups excluding carboxylic acids is 2. The standard InChI is InChI=1S/C23H20N6O3/c1-32-23(31)29-21-10-5-8-19(17(21)14-25-29)26-22(30)27-28-13-11-16-15(6-4-9-20(16)28)18-7-2-3-12-24-18/h2-10,12,14H,11,13H2,1H3,(H2,26,27,30). The number of carbonyl (C=O) groups is 2. The number of nitrogens with zero attached hydrogens (tertiary/aromatic N) is 4. The predicted molar refractivity (Wildman–Crippen MR) is 120 cm³/mol. The van der Waals surface area contributed by atoms with E-state index in [0.717, 1.165) is 33.6 Å². The van der Waals surface area contributed by atoms with Crippen molar-refractivity contribution in [1.82, 2.24) is 20.2 Å². The van der Waals surface area contributed by atoms with E-state index in [1.807, 2.05) is 41.4 Å². The summed E-state index contributed by atoms with van der Waals surface area (Å²) >= 11 is 0. The molecule has 0 aliphatic carbocycles. The van der Waals surface area contributed by atoms with Crippen molar-refractivity contribution in [2.45, 2.75) is 6.42 Å². The van der Waals surface area contributed by atoms with Gasteiger partial charge in [-0.3, -0.25) is 9.99 Å². The van der Waals surface area contributed by atoms with E-state index in [-0.39, 0.29) is 6.03 Å². The Bertz CT molecular complexity index is 1320. The number of methoxy groups -OCH3 is 1. The molecular weight excluding hydrogens is 408 g/mol. The van der Waals surface area contributed by atoms with Crippen LogP contribution in [0.25, 0.3) is 22.2 Å². The largest absolute Gasteiger partial charge is 0.451 e. The fourth-order valence-electron chi connectivity index (χ4n) is 3.98. The average molecular weight is 428 g/mol. The van der Waals surface area contributed by atoms with Gasteiger partial charge in [0.25, 0.3) is 0 Å². The number of amides is 2. The van der Waals surface area contributed by atoms with Crippen LogP contribution in [-0.2, 0) is 11.2 Å². The lowest BCUT2D eigenvalue weighted by Crippen LogP contribution is -2.43. The van der Waals surface area contributed by atoms with Gasteiger partial charge in [0.2, 0.25) is 0 Å². The Kier molecular flexibility index (Phi) is 4.91. The zero-order valence-corrected chi connectivity index (χ0v) is 17.3. The number of fused-ring (bicyclic) bond motifs is 2. The van der Waals surface area contributed by atoms with Crippen LogP contribution in [0, 0.1) is 0 Å². The lowest BCUT2D eigenvalue weighted by atomic mass is 10.0. The van der Waals surface area contributed by atoms with E-state index in [1.165, 1.54) is 13.3 Å². The molecule has 5 rings (SSSR count). The smallest absolute Gasteiger partial charge is 0.434 e. The highest BCUT2D eigenvalue weighted by molar-refractivity contribution is 6.02. The van der Waals surface area contributed by atoms with Gasteiger partial charge in [0.1, 0.15) is 0 Å². The van der Waals surface area contributed by atoms with Gasteiger partial charge in [0.15, 0.2) is 0 Å². The normalized spacial score (nSPS) is 12.5. The molecule has 3 heterocycles. The van der Waals surface area contributed by atoms with Gasteiger partial charge in [-0.05, 0) is 42.3 Å². The number of hydrogen-bond donors (Lipinski definition) is 2. The van der Waals surface area contributed by atoms with Gasteiger partial charge in [-0.2, -0.15) is 9.78 Å². The quantitative estimate of drug-likeness (QED) is 0.515. The molecule has 0 saturated heterocycles. The van der Waals surface area contributed by atoms with E-state index in [0.29, 0.717) is 23.1 Å². The highest BCUT2D eigenvalue weighted by Gasteiger charge is 2.24. The SMILES string of the molecule is COC(=O)n1ncc2c(NC(=O)NN3CCc4c(-c5ccccn5)cccc43)cccc21. The highest BCUT2D eigenvalue weighted by atomic mass is 16.5. The Balaban J connectivity index is 1.36. The van der Waals surface area contributed by atoms with Crippen molar-refractivity contribution in [3.63, 3.8) is 0 Å². The number of ether oxygens (including phenoxy) is 1. The van der Waals surface area contributed by atoms with Crippen molar-refractivity contribution in [1.29, 1.82) is 0 Å². The number of aromatic nitrogens is 3. The zero-order chi connectivity index (χ0) is 22.1. The molecule has 0 radical (unpaired) electrons. The second-order valence-corrected chi connectivity index (χ2v) is 7.25. The van der Waals surface area contributed by atoms with Gasteiger partial charge >= 0.3 is 12.1 Å². The average Bonchev–Trinajstić information content (AvgIpc) is 3.44. The van der Waals surface area contributed by atoms with E-state index < -0.39 is 6.09 Å². The molecule has 2 aromatic carbocycles. The molecule has 0 saturated carbocycles. The second kappa shape index (κ2) is 8.03. The van der Waals surface area contributed by atoms with E-state index in [2.05, 4.69) is 20.8 Å². The second-order valence-electron chi connectivity index (χ2n) is 7.25. The lowest BCUT2D eigenvalue weighted by molar-refractivity contribution is 0.170. The third kappa shape index (κ3) is 3.39. The number of nitrogens with one attached hydrogen (secondary N) is 2. The third-order valence-electron chi connectivity index (χ3n) is 5.41. The molecule has 32 heavy (non-hydrogen) atoms. The van der Waals surface area contributed by atoms with Crippen molar-refractivity contribution < 1.29 is 14.3 Å². The molecule has 1 aliphatic rings. The van der Waals surface area contributed by atoms with Crippen LogP contribution < -0.4 is 15.8 Å². The minimum atomic E-state index is -0.598. The molecule has 9 nitrogen and oxygen atoms in total. The summed E-state index contributed by atoms with van der Waals surface area (Å²) in [7, 11) is 1.29. The summed E-state index contributed by atoms with van der Waals surface area (Å²) < 4.78 is 5.89. The van der Waals surface area contributed by atoms with Crippen LogP contribution in [0.2, 0.25) is 0 Å². The van der Waals surface area contributed by atoms with Crippen LogP contribution in [-0.4, -0.2) is 40.5 Å². The maximum atomic E-state index is 12.8. The molecule has 0 atom stereocenters. The Morgan fingerprint density at radius 2 is 1.94 bits per heavy atom. The minimum absolute atomic E-state index is 0.389. The van der Waals surface area contributed by atoms with Crippen molar-refractivity contribution in [2.75, 3.05) is 24.0 Å². The first-order chi connectivity index (χ1) is 15.7. The number of hydrogen-bond acceptors (Lipinski definition) is 6. The van der Waals surface area contributed by atoms with Gasteiger partial charge < -0.3 is 10.1 Å². The fraction of sp³-hybridized carbons (Fsp3) is 0.130. The topological polar surface area (TPSA) is 101 Å². The van der Waals surface area contributed by atoms with Crippen LogP contribution in [0.3, 0.4) is 0 Å². The summed E-state index contributed by atoms with van der Waals surface area (Å²) in [5.74, 6) is 0. The molecule has 0 spiro atoms. The van der Waals surface area contributed by atoms with Gasteiger partial charge in [-0.15, -0.1) is 0 Å². The molecule has 4 aromatic rings. The highest BCUT2D eigenvalue weighted by Crippen LogP contribution is 2.34. The number of rotatable bonds is 3. The van der Waals surface area contributed by atoms with E-state index in [4.69, 9.17) is 4.74 Å². The summed E-state index contributed by atoms with van der Waals surface area (Å²) in [4.78, 5) is 29.1. The number of pyridine rings is 1. The summed E-state index contributed by atoms with van der Waals surface area (Å²) in [5.41, 5.74) is 8.05. The van der Waals surface area contributed by atoms with Crippen LogP contribution >= 0.6 is 0 Å². The Morgan fingerprint density at radius 1 is 1.06 bits per heavy atom. The van der Waals surface area contributed by atoms with Gasteiger partial charge in [0.05, 0.1) is 35.9 Å². The molecule has 0 fully saturated rings. The van der Waals surface area contributed by atoms with Crippen LogP contribution in [0.15, 0.2) is 67.0 Å². The molecule has 1 aliphatic heterocycles. The first-order valence-corrected chi connectivity index (χ1v) is 10.1. The molecule has 0 bridgehead atoms. The summed E-state index contributed by atoms with van der Waals surface area (Å²) in [6.07, 6.45) is 3.49. The van der Waals surface area contributed by atoms with Gasteiger partial charge in [-0.25, -0.2) is 15.0 Å². The van der Waals surface area contributed by atoms with Gasteiger partial charge in [0, 0.05) is 23.7 Å². The maximum absolute atomic E-state index is 12.8. The van der Waals surface area contributed by atoms with E-state index in [1.54, 1.807) is 24.4 Å². The minimum Gasteiger partial charge on any atom is -0.451 e. The zero-order valence-electron chi connectivity index (χ0n) is 17.3. The first-order valence-electron chi connectivity index (χ1n) is 10.1. The fourth-order valence-corrected chi connectivity index (χ4v) is 3.98. The number of urea groups is 1. The molecule has 160 valence electrons. The van der Waals surface area contributed by atoms with E-state index in [9.17, 15) is 9.59 Å². The molecule has 2 N–H and O–H groups in total. The van der Waals surface area contributed by atoms with E-state index >= 15 is 0 Å². The number of hydrazine groups is 1. The number of benzene rings is 2. The van der Waals surface area contributed by atoms with Crippen molar-refractivity contribution in [2.24, 2.45) is 0 Å². The predicted octanol–water partition coefficient (Wildman–Crippen LogP) is 3.81. The van der Waals surface area contributed by atoms with Crippen molar-refractivity contribution in [3.05, 3.63) is 72.6 Å².